The molecule has 5 rings (SSSR count). The lowest BCUT2D eigenvalue weighted by molar-refractivity contribution is -0.170. The molecule has 2 amide bonds. The number of ether oxygens (including phenoxy) is 1. The molecule has 0 unspecified atom stereocenters. The van der Waals surface area contributed by atoms with Gasteiger partial charge in [0.15, 0.2) is 17.2 Å². The van der Waals surface area contributed by atoms with Crippen LogP contribution < -0.4 is 4.90 Å². The fourth-order valence-electron chi connectivity index (χ4n) is 5.32. The van der Waals surface area contributed by atoms with Gasteiger partial charge in [-0.1, -0.05) is 61.4 Å². The fourth-order valence-corrected chi connectivity index (χ4v) is 6.61. The molecule has 46 heavy (non-hydrogen) atoms. The average Bonchev–Trinajstić information content (AvgIpc) is 3.67. The van der Waals surface area contributed by atoms with Crippen molar-refractivity contribution in [3.05, 3.63) is 84.2 Å². The molecule has 2 aromatic heterocycles. The predicted octanol–water partition coefficient (Wildman–Crippen LogP) is 4.74. The first kappa shape index (κ1) is 32.6. The van der Waals surface area contributed by atoms with Crippen LogP contribution in [0.25, 0.3) is 11.2 Å². The van der Waals surface area contributed by atoms with E-state index in [2.05, 4.69) is 9.97 Å². The molecule has 1 aliphatic heterocycles. The maximum absolute atomic E-state index is 13.7. The number of fused-ring (bicyclic) bond motifs is 1. The van der Waals surface area contributed by atoms with Gasteiger partial charge in [0.2, 0.25) is 0 Å². The molecule has 11 nitrogen and oxygen atoms in total. The average molecular weight is 658 g/mol. The van der Waals surface area contributed by atoms with Crippen LogP contribution in [-0.4, -0.2) is 70.9 Å². The minimum Gasteiger partial charge on any atom is -0.445 e. The number of benzene rings is 2. The number of halogens is 3. The molecule has 242 valence electrons. The zero-order valence-electron chi connectivity index (χ0n) is 24.8. The number of aryl methyl sites for hydroxylation is 1. The Bertz CT molecular complexity index is 1860. The first-order valence-corrected chi connectivity index (χ1v) is 15.8. The number of likely N-dealkylation sites (tertiary alicyclic amines) is 1. The van der Waals surface area contributed by atoms with Crippen molar-refractivity contribution in [2.75, 3.05) is 24.5 Å². The molecule has 4 aromatic rings. The number of nitrogens with zero attached hydrogens (tertiary/aromatic N) is 5. The number of hydrogen-bond donors (Lipinski definition) is 0. The molecule has 0 spiro atoms. The second-order valence-electron chi connectivity index (χ2n) is 10.9. The number of carbonyl (C=O) groups excluding carboxylic acids is 3. The summed E-state index contributed by atoms with van der Waals surface area (Å²) in [7, 11) is -4.13. The molecule has 2 aromatic carbocycles. The molecular formula is C31H30F3N5O6S. The van der Waals surface area contributed by atoms with Crippen LogP contribution in [0.15, 0.2) is 78.0 Å². The molecule has 0 radical (unpaired) electrons. The van der Waals surface area contributed by atoms with E-state index >= 15 is 0 Å². The van der Waals surface area contributed by atoms with Crippen molar-refractivity contribution >= 4 is 44.8 Å². The Morgan fingerprint density at radius 1 is 1.02 bits per heavy atom. The van der Waals surface area contributed by atoms with Crippen molar-refractivity contribution < 1.29 is 40.7 Å². The fraction of sp³-hybridized carbons (Fsp3) is 0.323. The van der Waals surface area contributed by atoms with Gasteiger partial charge in [-0.25, -0.2) is 27.2 Å². The van der Waals surface area contributed by atoms with E-state index in [1.54, 1.807) is 50.2 Å². The Hall–Kier alpha value is -4.79. The van der Waals surface area contributed by atoms with E-state index in [-0.39, 0.29) is 46.6 Å². The minimum atomic E-state index is -5.36. The van der Waals surface area contributed by atoms with Gasteiger partial charge in [0.05, 0.1) is 17.6 Å². The van der Waals surface area contributed by atoms with Gasteiger partial charge in [0.1, 0.15) is 12.1 Å². The summed E-state index contributed by atoms with van der Waals surface area (Å²) in [4.78, 5) is 48.4. The number of anilines is 1. The molecule has 1 aliphatic rings. The number of alkyl halides is 3. The van der Waals surface area contributed by atoms with Gasteiger partial charge >= 0.3 is 18.2 Å². The third-order valence-electron chi connectivity index (χ3n) is 7.84. The normalized spacial score (nSPS) is 16.8. The van der Waals surface area contributed by atoms with E-state index in [1.807, 2.05) is 6.07 Å². The molecule has 0 saturated carbocycles. The van der Waals surface area contributed by atoms with Crippen LogP contribution in [0.2, 0.25) is 0 Å². The summed E-state index contributed by atoms with van der Waals surface area (Å²) in [5.41, 5.74) is 1.31. The molecule has 0 aliphatic carbocycles. The largest absolute Gasteiger partial charge is 0.471 e. The van der Waals surface area contributed by atoms with Crippen LogP contribution in [0.3, 0.4) is 0 Å². The van der Waals surface area contributed by atoms with Crippen LogP contribution in [0.1, 0.15) is 24.5 Å². The summed E-state index contributed by atoms with van der Waals surface area (Å²) in [6.45, 7) is 2.66. The SMILES string of the molecule is CC[C@@H]1CN(C(=O)OCc2ccccc2)C[C@@H]1C(=O)CN(C(=O)C(F)(F)F)c1cnc2c(ccn2S(=O)(=O)c2ccc(C)cc2)n1. The van der Waals surface area contributed by atoms with Gasteiger partial charge in [-0.05, 0) is 36.6 Å². The summed E-state index contributed by atoms with van der Waals surface area (Å²) in [6.07, 6.45) is -3.60. The van der Waals surface area contributed by atoms with E-state index in [0.29, 0.717) is 6.42 Å². The first-order valence-electron chi connectivity index (χ1n) is 14.3. The van der Waals surface area contributed by atoms with E-state index in [1.165, 1.54) is 23.1 Å². The molecule has 1 fully saturated rings. The first-order chi connectivity index (χ1) is 21.8. The molecule has 2 atom stereocenters. The molecule has 1 saturated heterocycles. The van der Waals surface area contributed by atoms with E-state index in [0.717, 1.165) is 27.5 Å². The standard InChI is InChI=1S/C31H30F3N5O6S/c1-3-22-16-37(30(42)45-19-21-7-5-4-6-8-21)17-24(22)26(40)18-38(29(41)31(32,33)34)27-15-35-28-25(36-27)13-14-39(28)46(43,44)23-11-9-20(2)10-12-23/h4-15,22,24H,3,16-19H2,1-2H3/t22-,24+/m1/s1. The Kier molecular flexibility index (Phi) is 9.15. The molecule has 0 N–H and O–H groups in total. The van der Waals surface area contributed by atoms with E-state index in [9.17, 15) is 36.0 Å². The monoisotopic (exact) mass is 657 g/mol. The maximum atomic E-state index is 13.7. The lowest BCUT2D eigenvalue weighted by Crippen LogP contribution is -2.46. The number of aromatic nitrogens is 3. The number of ketones is 1. The molecule has 3 heterocycles. The molecule has 0 bridgehead atoms. The van der Waals surface area contributed by atoms with Gasteiger partial charge in [0, 0.05) is 25.2 Å². The third-order valence-corrected chi connectivity index (χ3v) is 9.52. The highest BCUT2D eigenvalue weighted by Crippen LogP contribution is 2.30. The van der Waals surface area contributed by atoms with Gasteiger partial charge in [-0.2, -0.15) is 13.2 Å². The van der Waals surface area contributed by atoms with Crippen LogP contribution in [0.4, 0.5) is 23.8 Å². The second-order valence-corrected chi connectivity index (χ2v) is 12.8. The van der Waals surface area contributed by atoms with Crippen LogP contribution in [-0.2, 0) is 31.0 Å². The Morgan fingerprint density at radius 2 is 1.72 bits per heavy atom. The zero-order chi connectivity index (χ0) is 33.2. The van der Waals surface area contributed by atoms with Gasteiger partial charge in [-0.3, -0.25) is 14.5 Å². The van der Waals surface area contributed by atoms with Crippen molar-refractivity contribution in [2.24, 2.45) is 11.8 Å². The minimum absolute atomic E-state index is 0.00857. The number of carbonyl (C=O) groups is 3. The van der Waals surface area contributed by atoms with Crippen molar-refractivity contribution in [1.82, 2.24) is 18.8 Å². The molecule has 15 heteroatoms. The van der Waals surface area contributed by atoms with Crippen molar-refractivity contribution in [3.63, 3.8) is 0 Å². The zero-order valence-corrected chi connectivity index (χ0v) is 25.7. The summed E-state index contributed by atoms with van der Waals surface area (Å²) in [6, 6.07) is 16.2. The highest BCUT2D eigenvalue weighted by molar-refractivity contribution is 7.90. The summed E-state index contributed by atoms with van der Waals surface area (Å²) < 4.78 is 73.8. The quantitative estimate of drug-likeness (QED) is 0.252. The predicted molar refractivity (Wildman–Crippen MR) is 160 cm³/mol. The Labute approximate surface area is 262 Å². The topological polar surface area (TPSA) is 132 Å². The maximum Gasteiger partial charge on any atom is 0.471 e. The number of amides is 2. The summed E-state index contributed by atoms with van der Waals surface area (Å²) in [5, 5.41) is 0. The summed E-state index contributed by atoms with van der Waals surface area (Å²) >= 11 is 0. The van der Waals surface area contributed by atoms with Crippen molar-refractivity contribution in [1.29, 1.82) is 0 Å². The van der Waals surface area contributed by atoms with E-state index < -0.39 is 52.3 Å². The van der Waals surface area contributed by atoms with Gasteiger partial charge in [0.25, 0.3) is 10.0 Å². The lowest BCUT2D eigenvalue weighted by Gasteiger charge is -2.24. The van der Waals surface area contributed by atoms with E-state index in [4.69, 9.17) is 4.74 Å². The van der Waals surface area contributed by atoms with Crippen LogP contribution in [0, 0.1) is 18.8 Å². The highest BCUT2D eigenvalue weighted by atomic mass is 32.2. The van der Waals surface area contributed by atoms with Gasteiger partial charge < -0.3 is 9.64 Å². The Balaban J connectivity index is 1.37. The molecular weight excluding hydrogens is 627 g/mol. The third kappa shape index (κ3) is 6.73. The Morgan fingerprint density at radius 3 is 2.37 bits per heavy atom. The number of Topliss-reactive ketones (excluding diaryl/α,β-unsaturated/α-hetero) is 1. The number of hydrogen-bond acceptors (Lipinski definition) is 8. The number of rotatable bonds is 9. The second kappa shape index (κ2) is 12.9. The summed E-state index contributed by atoms with van der Waals surface area (Å²) in [5.74, 6) is -4.88. The van der Waals surface area contributed by atoms with Crippen molar-refractivity contribution in [2.45, 2.75) is 37.9 Å². The van der Waals surface area contributed by atoms with Crippen molar-refractivity contribution in [3.8, 4) is 0 Å². The van der Waals surface area contributed by atoms with Crippen LogP contribution >= 0.6 is 0 Å². The van der Waals surface area contributed by atoms with Gasteiger partial charge in [-0.15, -0.1) is 0 Å². The lowest BCUT2D eigenvalue weighted by atomic mass is 9.89. The smallest absolute Gasteiger partial charge is 0.445 e. The van der Waals surface area contributed by atoms with Crippen LogP contribution in [0.5, 0.6) is 0 Å². The highest BCUT2D eigenvalue weighted by Gasteiger charge is 2.46.